The molecule has 0 spiro atoms. The Morgan fingerprint density at radius 3 is 2.50 bits per heavy atom. The molecule has 0 aromatic carbocycles. The van der Waals surface area contributed by atoms with E-state index in [0.717, 1.165) is 23.9 Å². The van der Waals surface area contributed by atoms with Crippen LogP contribution >= 0.6 is 0 Å². The molecule has 0 radical (unpaired) electrons. The van der Waals surface area contributed by atoms with Crippen molar-refractivity contribution in [3.63, 3.8) is 0 Å². The van der Waals surface area contributed by atoms with Crippen LogP contribution in [-0.2, 0) is 12.0 Å². The Bertz CT molecular complexity index is 601. The number of pyridine rings is 1. The Morgan fingerprint density at radius 2 is 1.86 bits per heavy atom. The minimum Gasteiger partial charge on any atom is -0.333 e. The van der Waals surface area contributed by atoms with E-state index in [1.54, 1.807) is 0 Å². The van der Waals surface area contributed by atoms with Crippen molar-refractivity contribution in [3.05, 3.63) is 36.4 Å². The number of aromatic nitrogens is 3. The maximum atomic E-state index is 4.92. The van der Waals surface area contributed by atoms with Gasteiger partial charge in [-0.2, -0.15) is 0 Å². The van der Waals surface area contributed by atoms with Crippen LogP contribution in [0.3, 0.4) is 0 Å². The van der Waals surface area contributed by atoms with Gasteiger partial charge in [0.15, 0.2) is 0 Å². The zero-order chi connectivity index (χ0) is 15.6. The molecule has 2 aromatic heterocycles. The van der Waals surface area contributed by atoms with E-state index in [0.29, 0.717) is 0 Å². The Balaban J connectivity index is 1.91. The first-order valence-corrected chi connectivity index (χ1v) is 8.53. The molecule has 2 aromatic rings. The van der Waals surface area contributed by atoms with E-state index in [-0.39, 0.29) is 5.41 Å². The average Bonchev–Trinajstić information content (AvgIpc) is 2.93. The molecule has 0 bridgehead atoms. The number of hydrogen-bond donors (Lipinski definition) is 0. The highest BCUT2D eigenvalue weighted by atomic mass is 15.1. The van der Waals surface area contributed by atoms with E-state index in [1.165, 1.54) is 37.9 Å². The third-order valence-electron chi connectivity index (χ3n) is 4.55. The van der Waals surface area contributed by atoms with E-state index in [9.17, 15) is 0 Å². The van der Waals surface area contributed by atoms with Crippen LogP contribution in [0.4, 0.5) is 0 Å². The van der Waals surface area contributed by atoms with Gasteiger partial charge >= 0.3 is 0 Å². The standard InChI is InChI=1S/C19H27N3/c1-19(2,3)18-21-17(16-11-7-8-12-20-16)14-22(18)13-15-9-5-4-6-10-15/h7-8,11-12,14-15H,4-6,9-10,13H2,1-3H3. The van der Waals surface area contributed by atoms with Gasteiger partial charge in [0.25, 0.3) is 0 Å². The highest BCUT2D eigenvalue weighted by Crippen LogP contribution is 2.30. The summed E-state index contributed by atoms with van der Waals surface area (Å²) in [6, 6.07) is 6.02. The zero-order valence-electron chi connectivity index (χ0n) is 14.0. The summed E-state index contributed by atoms with van der Waals surface area (Å²) in [5.74, 6) is 1.99. The summed E-state index contributed by atoms with van der Waals surface area (Å²) in [6.07, 6.45) is 10.9. The molecule has 22 heavy (non-hydrogen) atoms. The second kappa shape index (κ2) is 6.23. The van der Waals surface area contributed by atoms with Crippen LogP contribution in [0.15, 0.2) is 30.6 Å². The quantitative estimate of drug-likeness (QED) is 0.813. The maximum absolute atomic E-state index is 4.92. The minimum atomic E-state index is 0.0572. The molecule has 0 amide bonds. The Labute approximate surface area is 133 Å². The van der Waals surface area contributed by atoms with Crippen molar-refractivity contribution < 1.29 is 0 Å². The van der Waals surface area contributed by atoms with Crippen molar-refractivity contribution in [2.75, 3.05) is 0 Å². The SMILES string of the molecule is CC(C)(C)c1nc(-c2ccccn2)cn1CC1CCCCC1. The van der Waals surface area contributed by atoms with Crippen LogP contribution in [0.5, 0.6) is 0 Å². The zero-order valence-corrected chi connectivity index (χ0v) is 14.0. The lowest BCUT2D eigenvalue weighted by Gasteiger charge is -2.25. The van der Waals surface area contributed by atoms with Gasteiger partial charge in [-0.3, -0.25) is 4.98 Å². The van der Waals surface area contributed by atoms with E-state index in [2.05, 4.69) is 36.5 Å². The summed E-state index contributed by atoms with van der Waals surface area (Å²) in [5, 5.41) is 0. The molecule has 3 rings (SSSR count). The Morgan fingerprint density at radius 1 is 1.09 bits per heavy atom. The molecular formula is C19H27N3. The molecule has 0 unspecified atom stereocenters. The summed E-state index contributed by atoms with van der Waals surface area (Å²) in [6.45, 7) is 7.84. The van der Waals surface area contributed by atoms with Crippen molar-refractivity contribution in [2.45, 2.75) is 64.8 Å². The third kappa shape index (κ3) is 3.40. The smallest absolute Gasteiger partial charge is 0.114 e. The van der Waals surface area contributed by atoms with Gasteiger partial charge in [0, 0.05) is 24.4 Å². The monoisotopic (exact) mass is 297 g/mol. The topological polar surface area (TPSA) is 30.7 Å². The molecule has 3 nitrogen and oxygen atoms in total. The van der Waals surface area contributed by atoms with Crippen LogP contribution < -0.4 is 0 Å². The fourth-order valence-corrected chi connectivity index (χ4v) is 3.44. The lowest BCUT2D eigenvalue weighted by atomic mass is 9.88. The van der Waals surface area contributed by atoms with Crippen molar-refractivity contribution in [1.29, 1.82) is 0 Å². The summed E-state index contributed by atoms with van der Waals surface area (Å²) in [5.41, 5.74) is 2.03. The molecule has 0 N–H and O–H groups in total. The Hall–Kier alpha value is -1.64. The molecule has 1 aliphatic carbocycles. The first kappa shape index (κ1) is 15.3. The second-order valence-electron chi connectivity index (χ2n) is 7.57. The molecule has 3 heteroatoms. The number of nitrogens with zero attached hydrogens (tertiary/aromatic N) is 3. The molecule has 1 fully saturated rings. The first-order chi connectivity index (χ1) is 10.5. The van der Waals surface area contributed by atoms with Crippen LogP contribution in [0.1, 0.15) is 58.7 Å². The van der Waals surface area contributed by atoms with Crippen LogP contribution in [0.2, 0.25) is 0 Å². The van der Waals surface area contributed by atoms with Gasteiger partial charge in [-0.1, -0.05) is 46.1 Å². The lowest BCUT2D eigenvalue weighted by molar-refractivity contribution is 0.309. The summed E-state index contributed by atoms with van der Waals surface area (Å²) >= 11 is 0. The summed E-state index contributed by atoms with van der Waals surface area (Å²) in [7, 11) is 0. The predicted octanol–water partition coefficient (Wildman–Crippen LogP) is 4.82. The van der Waals surface area contributed by atoms with Gasteiger partial charge in [0.1, 0.15) is 11.5 Å². The fourth-order valence-electron chi connectivity index (χ4n) is 3.44. The van der Waals surface area contributed by atoms with Gasteiger partial charge in [0.05, 0.1) is 5.69 Å². The molecule has 1 saturated carbocycles. The molecule has 0 saturated heterocycles. The number of imidazole rings is 1. The van der Waals surface area contributed by atoms with Crippen molar-refractivity contribution in [1.82, 2.24) is 14.5 Å². The molecule has 118 valence electrons. The average molecular weight is 297 g/mol. The van der Waals surface area contributed by atoms with Crippen molar-refractivity contribution in [3.8, 4) is 11.4 Å². The first-order valence-electron chi connectivity index (χ1n) is 8.53. The molecule has 1 aliphatic rings. The maximum Gasteiger partial charge on any atom is 0.114 e. The number of rotatable bonds is 3. The van der Waals surface area contributed by atoms with Gasteiger partial charge in [-0.25, -0.2) is 4.98 Å². The van der Waals surface area contributed by atoms with Crippen LogP contribution in [0, 0.1) is 5.92 Å². The summed E-state index contributed by atoms with van der Waals surface area (Å²) in [4.78, 5) is 9.37. The van der Waals surface area contributed by atoms with Crippen LogP contribution in [0.25, 0.3) is 11.4 Å². The molecule has 2 heterocycles. The van der Waals surface area contributed by atoms with Crippen molar-refractivity contribution >= 4 is 0 Å². The summed E-state index contributed by atoms with van der Waals surface area (Å²) < 4.78 is 2.39. The van der Waals surface area contributed by atoms with Gasteiger partial charge in [-0.15, -0.1) is 0 Å². The highest BCUT2D eigenvalue weighted by molar-refractivity contribution is 5.53. The fraction of sp³-hybridized carbons (Fsp3) is 0.579. The second-order valence-corrected chi connectivity index (χ2v) is 7.57. The van der Waals surface area contributed by atoms with Gasteiger partial charge in [0.2, 0.25) is 0 Å². The van der Waals surface area contributed by atoms with Crippen molar-refractivity contribution in [2.24, 2.45) is 5.92 Å². The molecule has 0 aliphatic heterocycles. The number of hydrogen-bond acceptors (Lipinski definition) is 2. The third-order valence-corrected chi connectivity index (χ3v) is 4.55. The highest BCUT2D eigenvalue weighted by Gasteiger charge is 2.24. The normalized spacial score (nSPS) is 16.9. The molecular weight excluding hydrogens is 270 g/mol. The van der Waals surface area contributed by atoms with Gasteiger partial charge < -0.3 is 4.57 Å². The van der Waals surface area contributed by atoms with Crippen LogP contribution in [-0.4, -0.2) is 14.5 Å². The van der Waals surface area contributed by atoms with E-state index in [1.807, 2.05) is 24.4 Å². The van der Waals surface area contributed by atoms with E-state index < -0.39 is 0 Å². The largest absolute Gasteiger partial charge is 0.333 e. The Kier molecular flexibility index (Phi) is 4.32. The molecule has 0 atom stereocenters. The van der Waals surface area contributed by atoms with E-state index >= 15 is 0 Å². The lowest BCUT2D eigenvalue weighted by Crippen LogP contribution is -2.22. The van der Waals surface area contributed by atoms with Gasteiger partial charge in [-0.05, 0) is 30.9 Å². The minimum absolute atomic E-state index is 0.0572. The van der Waals surface area contributed by atoms with E-state index in [4.69, 9.17) is 4.98 Å². The predicted molar refractivity (Wildman–Crippen MR) is 90.7 cm³/mol.